The van der Waals surface area contributed by atoms with Crippen LogP contribution in [0.4, 0.5) is 0 Å². The lowest BCUT2D eigenvalue weighted by atomic mass is 9.97. The van der Waals surface area contributed by atoms with Crippen molar-refractivity contribution in [3.05, 3.63) is 63.0 Å². The van der Waals surface area contributed by atoms with Crippen LogP contribution in [0.15, 0.2) is 45.6 Å². The number of aryl methyl sites for hydroxylation is 1. The van der Waals surface area contributed by atoms with E-state index in [0.29, 0.717) is 41.6 Å². The summed E-state index contributed by atoms with van der Waals surface area (Å²) < 4.78 is 35.5. The van der Waals surface area contributed by atoms with Gasteiger partial charge < -0.3 is 9.15 Å². The van der Waals surface area contributed by atoms with Crippen LogP contribution in [0.25, 0.3) is 22.1 Å². The molecule has 8 heteroatoms. The van der Waals surface area contributed by atoms with Crippen molar-refractivity contribution in [1.82, 2.24) is 4.90 Å². The highest BCUT2D eigenvalue weighted by Gasteiger charge is 2.35. The van der Waals surface area contributed by atoms with Gasteiger partial charge in [-0.2, -0.15) is 0 Å². The highest BCUT2D eigenvalue weighted by Crippen LogP contribution is 2.36. The first-order valence-corrected chi connectivity index (χ1v) is 11.9. The number of sulfone groups is 1. The van der Waals surface area contributed by atoms with Gasteiger partial charge in [-0.3, -0.25) is 4.90 Å². The molecular formula is C22H20ClNO5S. The van der Waals surface area contributed by atoms with Crippen molar-refractivity contribution in [2.45, 2.75) is 25.9 Å². The van der Waals surface area contributed by atoms with Gasteiger partial charge in [0.05, 0.1) is 22.6 Å². The Morgan fingerprint density at radius 3 is 2.60 bits per heavy atom. The molecule has 6 nitrogen and oxygen atoms in total. The van der Waals surface area contributed by atoms with Crippen LogP contribution in [0.3, 0.4) is 0 Å². The Morgan fingerprint density at radius 2 is 1.90 bits per heavy atom. The summed E-state index contributed by atoms with van der Waals surface area (Å²) in [4.78, 5) is 14.9. The topological polar surface area (TPSA) is 76.8 Å². The maximum Gasteiger partial charge on any atom is 0.344 e. The summed E-state index contributed by atoms with van der Waals surface area (Å²) in [6, 6.07) is 10.8. The summed E-state index contributed by atoms with van der Waals surface area (Å²) in [6.45, 7) is 2.71. The van der Waals surface area contributed by atoms with E-state index < -0.39 is 15.5 Å². The molecule has 3 aromatic rings. The molecule has 1 saturated heterocycles. The molecule has 0 spiro atoms. The zero-order valence-electron chi connectivity index (χ0n) is 16.4. The summed E-state index contributed by atoms with van der Waals surface area (Å²) in [5.41, 5.74) is 2.95. The van der Waals surface area contributed by atoms with Crippen LogP contribution in [-0.4, -0.2) is 37.6 Å². The number of fused-ring (bicyclic) bond motifs is 3. The smallest absolute Gasteiger partial charge is 0.344 e. The van der Waals surface area contributed by atoms with Crippen LogP contribution in [0.2, 0.25) is 5.02 Å². The third-order valence-corrected chi connectivity index (χ3v) is 8.00. The Balaban J connectivity index is 1.60. The van der Waals surface area contributed by atoms with Crippen molar-refractivity contribution in [2.75, 3.05) is 18.2 Å². The first-order chi connectivity index (χ1) is 14.3. The second-order valence-corrected chi connectivity index (χ2v) is 10.6. The molecule has 30 heavy (non-hydrogen) atoms. The van der Waals surface area contributed by atoms with Crippen LogP contribution in [0.5, 0.6) is 5.75 Å². The number of ether oxygens (including phenoxy) is 1. The molecule has 0 bridgehead atoms. The Hall–Kier alpha value is -2.35. The zero-order valence-corrected chi connectivity index (χ0v) is 17.9. The standard InChI is InChI=1S/C22H20ClNO5S/c1-13-17-6-7-19-18(10-24(12-28-19)16-8-9-30(26,27)11-16)21(17)29-22(25)20(13)14-2-4-15(23)5-3-14/h2-7,16H,8-12H2,1H3/t16-/m1/s1. The van der Waals surface area contributed by atoms with Gasteiger partial charge in [-0.15, -0.1) is 0 Å². The molecule has 5 rings (SSSR count). The van der Waals surface area contributed by atoms with E-state index in [9.17, 15) is 13.2 Å². The predicted octanol–water partition coefficient (Wildman–Crippen LogP) is 3.76. The number of benzene rings is 2. The van der Waals surface area contributed by atoms with Crippen molar-refractivity contribution in [2.24, 2.45) is 0 Å². The minimum absolute atomic E-state index is 0.0837. The molecule has 0 radical (unpaired) electrons. The molecule has 0 unspecified atom stereocenters. The van der Waals surface area contributed by atoms with Crippen LogP contribution in [0.1, 0.15) is 17.5 Å². The van der Waals surface area contributed by atoms with E-state index >= 15 is 0 Å². The molecule has 2 aromatic carbocycles. The van der Waals surface area contributed by atoms with Crippen LogP contribution in [-0.2, 0) is 16.4 Å². The lowest BCUT2D eigenvalue weighted by molar-refractivity contribution is 0.0649. The van der Waals surface area contributed by atoms with Crippen molar-refractivity contribution in [3.8, 4) is 16.9 Å². The van der Waals surface area contributed by atoms with Crippen LogP contribution >= 0.6 is 11.6 Å². The fourth-order valence-corrected chi connectivity index (χ4v) is 6.28. The fraction of sp³-hybridized carbons (Fsp3) is 0.318. The van der Waals surface area contributed by atoms with Crippen LogP contribution in [0, 0.1) is 6.92 Å². The molecule has 2 aliphatic rings. The third-order valence-electron chi connectivity index (χ3n) is 6.00. The van der Waals surface area contributed by atoms with Gasteiger partial charge in [0.1, 0.15) is 18.1 Å². The molecule has 0 saturated carbocycles. The van der Waals surface area contributed by atoms with Crippen molar-refractivity contribution in [1.29, 1.82) is 0 Å². The van der Waals surface area contributed by atoms with Gasteiger partial charge >= 0.3 is 5.63 Å². The average Bonchev–Trinajstić information content (AvgIpc) is 3.08. The zero-order chi connectivity index (χ0) is 21.0. The lowest BCUT2D eigenvalue weighted by Gasteiger charge is -2.33. The highest BCUT2D eigenvalue weighted by atomic mass is 35.5. The predicted molar refractivity (Wildman–Crippen MR) is 116 cm³/mol. The Labute approximate surface area is 178 Å². The molecule has 2 aliphatic heterocycles. The first-order valence-electron chi connectivity index (χ1n) is 9.75. The Bertz CT molecular complexity index is 1310. The van der Waals surface area contributed by atoms with Gasteiger partial charge in [0.2, 0.25) is 0 Å². The van der Waals surface area contributed by atoms with E-state index in [1.54, 1.807) is 24.3 Å². The minimum atomic E-state index is -3.00. The summed E-state index contributed by atoms with van der Waals surface area (Å²) >= 11 is 5.98. The second kappa shape index (κ2) is 7.11. The van der Waals surface area contributed by atoms with Crippen molar-refractivity contribution >= 4 is 32.4 Å². The van der Waals surface area contributed by atoms with Gasteiger partial charge in [0.15, 0.2) is 9.84 Å². The maximum absolute atomic E-state index is 12.9. The third kappa shape index (κ3) is 3.31. The van der Waals surface area contributed by atoms with Crippen molar-refractivity contribution < 1.29 is 17.6 Å². The van der Waals surface area contributed by atoms with E-state index in [0.717, 1.165) is 22.1 Å². The minimum Gasteiger partial charge on any atom is -0.478 e. The maximum atomic E-state index is 12.9. The van der Waals surface area contributed by atoms with Gasteiger partial charge in [0, 0.05) is 23.0 Å². The molecule has 0 amide bonds. The molecule has 1 fully saturated rings. The summed E-state index contributed by atoms with van der Waals surface area (Å²) in [5, 5.41) is 1.43. The molecule has 0 aliphatic carbocycles. The van der Waals surface area contributed by atoms with Gasteiger partial charge in [-0.1, -0.05) is 23.7 Å². The van der Waals surface area contributed by atoms with E-state index in [4.69, 9.17) is 20.8 Å². The molecular weight excluding hydrogens is 426 g/mol. The first kappa shape index (κ1) is 19.6. The van der Waals surface area contributed by atoms with Gasteiger partial charge in [0.25, 0.3) is 0 Å². The Morgan fingerprint density at radius 1 is 1.13 bits per heavy atom. The average molecular weight is 446 g/mol. The number of halogens is 1. The summed E-state index contributed by atoms with van der Waals surface area (Å²) in [7, 11) is -3.00. The molecule has 3 heterocycles. The fourth-order valence-electron chi connectivity index (χ4n) is 4.39. The second-order valence-electron chi connectivity index (χ2n) is 7.89. The molecule has 1 atom stereocenters. The molecule has 156 valence electrons. The Kier molecular flexibility index (Phi) is 4.65. The summed E-state index contributed by atoms with van der Waals surface area (Å²) in [6.07, 6.45) is 0.593. The van der Waals surface area contributed by atoms with Crippen LogP contribution < -0.4 is 10.4 Å². The quantitative estimate of drug-likeness (QED) is 0.559. The van der Waals surface area contributed by atoms with Gasteiger partial charge in [-0.05, 0) is 48.7 Å². The van der Waals surface area contributed by atoms with E-state index in [2.05, 4.69) is 0 Å². The normalized spacial score (nSPS) is 20.8. The SMILES string of the molecule is Cc1c(-c2ccc(Cl)cc2)c(=O)oc2c3c(ccc12)OCN([C@@H]1CCS(=O)(=O)C1)C3. The largest absolute Gasteiger partial charge is 0.478 e. The van der Waals surface area contributed by atoms with Gasteiger partial charge in [-0.25, -0.2) is 13.2 Å². The summed E-state index contributed by atoms with van der Waals surface area (Å²) in [5.74, 6) is 1.01. The van der Waals surface area contributed by atoms with Crippen molar-refractivity contribution in [3.63, 3.8) is 0 Å². The lowest BCUT2D eigenvalue weighted by Crippen LogP contribution is -2.41. The number of hydrogen-bond acceptors (Lipinski definition) is 6. The van der Waals surface area contributed by atoms with E-state index in [1.165, 1.54) is 0 Å². The molecule has 1 aromatic heterocycles. The van der Waals surface area contributed by atoms with E-state index in [-0.39, 0.29) is 17.5 Å². The number of nitrogens with zero attached hydrogens (tertiary/aromatic N) is 1. The van der Waals surface area contributed by atoms with E-state index in [1.807, 2.05) is 24.0 Å². The highest BCUT2D eigenvalue weighted by molar-refractivity contribution is 7.91. The monoisotopic (exact) mass is 445 g/mol. The molecule has 0 N–H and O–H groups in total. The number of rotatable bonds is 2. The number of hydrogen-bond donors (Lipinski definition) is 0.